The molecule has 0 spiro atoms. The third-order valence-corrected chi connectivity index (χ3v) is 12.6. The largest absolute Gasteiger partial charge is 0.493 e. The van der Waals surface area contributed by atoms with Gasteiger partial charge in [0.1, 0.15) is 11.5 Å². The summed E-state index contributed by atoms with van der Waals surface area (Å²) in [6.07, 6.45) is 8.42. The third kappa shape index (κ3) is 16.7. The predicted molar refractivity (Wildman–Crippen MR) is 321 cm³/mol. The third-order valence-electron chi connectivity index (χ3n) is 12.6. The van der Waals surface area contributed by atoms with Crippen LogP contribution in [0.4, 0.5) is 0 Å². The van der Waals surface area contributed by atoms with Crippen molar-refractivity contribution in [3.8, 4) is 11.5 Å². The minimum Gasteiger partial charge on any atom is -0.493 e. The highest BCUT2D eigenvalue weighted by molar-refractivity contribution is 6.43. The van der Waals surface area contributed by atoms with E-state index < -0.39 is 0 Å². The molecule has 0 unspecified atom stereocenters. The molecule has 16 nitrogen and oxygen atoms in total. The first-order chi connectivity index (χ1) is 32.4. The Labute approximate surface area is 484 Å². The number of imide groups is 2. The van der Waals surface area contributed by atoms with Crippen LogP contribution in [0.5, 0.6) is 11.5 Å². The molecule has 420 valence electrons. The van der Waals surface area contributed by atoms with Crippen LogP contribution in [0.3, 0.4) is 0 Å². The monoisotopic (exact) mass is 1190 g/mol. The van der Waals surface area contributed by atoms with Crippen LogP contribution < -0.4 is 53.7 Å². The van der Waals surface area contributed by atoms with E-state index >= 15 is 0 Å². The Bertz CT molecular complexity index is 2350. The molecule has 0 aromatic heterocycles. The van der Waals surface area contributed by atoms with Crippen LogP contribution in [-0.4, -0.2) is 138 Å². The van der Waals surface area contributed by atoms with Gasteiger partial charge in [-0.05, 0) is 178 Å². The number of nitrogens with one attached hydrogen (secondary N) is 4. The van der Waals surface area contributed by atoms with Gasteiger partial charge in [0.15, 0.2) is 0 Å². The van der Waals surface area contributed by atoms with Crippen molar-refractivity contribution in [1.82, 2.24) is 31.1 Å². The number of hydrogen-bond acceptors (Lipinski definition) is 14. The first-order valence-electron chi connectivity index (χ1n) is 24.3. The van der Waals surface area contributed by atoms with Crippen molar-refractivity contribution in [2.45, 2.75) is 64.2 Å². The summed E-state index contributed by atoms with van der Waals surface area (Å²) in [5.41, 5.74) is 24.6. The number of rotatable bonds is 32. The van der Waals surface area contributed by atoms with E-state index in [1.807, 2.05) is 12.1 Å². The summed E-state index contributed by atoms with van der Waals surface area (Å²) in [5.74, 6) is -0.520. The second kappa shape index (κ2) is 37.2. The van der Waals surface area contributed by atoms with Crippen LogP contribution in [-0.2, 0) is 0 Å². The van der Waals surface area contributed by atoms with E-state index in [1.165, 1.54) is 9.80 Å². The van der Waals surface area contributed by atoms with Gasteiger partial charge >= 0.3 is 0 Å². The minimum atomic E-state index is -0.378. The topological polar surface area (TPSA) is 245 Å². The Balaban J connectivity index is 0. The molecule has 5 aromatic rings. The molecule has 0 aliphatic carbocycles. The summed E-state index contributed by atoms with van der Waals surface area (Å²) in [6, 6.07) is 10.9. The molecule has 0 fully saturated rings. The minimum absolute atomic E-state index is 0. The average Bonchev–Trinajstić information content (AvgIpc) is 3.32. The van der Waals surface area contributed by atoms with E-state index in [0.717, 1.165) is 88.6 Å². The molecule has 0 atom stereocenters. The lowest BCUT2D eigenvalue weighted by atomic mass is 9.81. The van der Waals surface area contributed by atoms with Gasteiger partial charge in [-0.15, -0.1) is 99.3 Å². The zero-order valence-corrected chi connectivity index (χ0v) is 48.3. The standard InChI is InChI=1S/C50H70N10O6.8ClH/c51-15-5-23-55-19-1-3-21-57-25-9-27-59-47(61)35-13-11-33-44-40(66-30-8-18-54)32-38-42-36(48(62)60(50(38)64)28-10-26-58-22-4-2-20-56-24-6-16-52)14-12-34(46(42)44)43-39(65-29-7-17-53)31-37(49(59)63)41(35)45(33)43;;;;;;;;/h11-14,31-32,55-58H,1-10,15-30,51-54H2;8*1H. The molecule has 0 saturated carbocycles. The second-order valence-corrected chi connectivity index (χ2v) is 17.3. The number of unbranched alkanes of at least 4 members (excludes halogenated alkanes) is 2. The van der Waals surface area contributed by atoms with Crippen molar-refractivity contribution in [1.29, 1.82) is 0 Å². The molecule has 2 heterocycles. The van der Waals surface area contributed by atoms with E-state index in [9.17, 15) is 19.2 Å². The highest BCUT2D eigenvalue weighted by Crippen LogP contribution is 2.51. The van der Waals surface area contributed by atoms with Gasteiger partial charge in [-0.3, -0.25) is 29.0 Å². The Hall–Kier alpha value is -2.72. The van der Waals surface area contributed by atoms with E-state index in [0.29, 0.717) is 144 Å². The molecule has 2 aliphatic rings. The number of halogens is 8. The number of nitrogens with zero attached hydrogens (tertiary/aromatic N) is 2. The summed E-state index contributed by atoms with van der Waals surface area (Å²) in [7, 11) is 0. The van der Waals surface area contributed by atoms with Crippen molar-refractivity contribution in [2.24, 2.45) is 22.9 Å². The fraction of sp³-hybridized carbons (Fsp3) is 0.520. The lowest BCUT2D eigenvalue weighted by Gasteiger charge is -2.31. The van der Waals surface area contributed by atoms with Gasteiger partial charge in [-0.1, -0.05) is 12.1 Å². The number of amides is 4. The average molecular weight is 1200 g/mol. The number of carbonyl (C=O) groups excluding carboxylic acids is 4. The van der Waals surface area contributed by atoms with Gasteiger partial charge in [0.2, 0.25) is 0 Å². The van der Waals surface area contributed by atoms with Gasteiger partial charge in [0.25, 0.3) is 23.6 Å². The van der Waals surface area contributed by atoms with Crippen molar-refractivity contribution in [3.63, 3.8) is 0 Å². The van der Waals surface area contributed by atoms with Crippen LogP contribution in [0.15, 0.2) is 36.4 Å². The Morgan fingerprint density at radius 2 is 0.649 bits per heavy atom. The predicted octanol–water partition coefficient (Wildman–Crippen LogP) is 7.16. The molecular formula is C50H78Cl8N10O6. The summed E-state index contributed by atoms with van der Waals surface area (Å²) in [6.45, 7) is 10.1. The molecule has 7 rings (SSSR count). The van der Waals surface area contributed by atoms with E-state index in [1.54, 1.807) is 24.3 Å². The Morgan fingerprint density at radius 3 is 0.973 bits per heavy atom. The maximum absolute atomic E-state index is 14.5. The number of fused-ring (bicyclic) bond motifs is 2. The molecule has 0 radical (unpaired) electrons. The van der Waals surface area contributed by atoms with Crippen molar-refractivity contribution < 1.29 is 28.7 Å². The Morgan fingerprint density at radius 1 is 0.351 bits per heavy atom. The molecule has 2 aliphatic heterocycles. The summed E-state index contributed by atoms with van der Waals surface area (Å²) in [4.78, 5) is 60.4. The van der Waals surface area contributed by atoms with Crippen LogP contribution in [0, 0.1) is 0 Å². The molecule has 12 N–H and O–H groups in total. The maximum Gasteiger partial charge on any atom is 0.261 e. The number of hydrogen-bond donors (Lipinski definition) is 8. The van der Waals surface area contributed by atoms with Crippen LogP contribution in [0.2, 0.25) is 0 Å². The normalized spacial score (nSPS) is 12.3. The first kappa shape index (κ1) is 73.4. The fourth-order valence-corrected chi connectivity index (χ4v) is 9.34. The lowest BCUT2D eigenvalue weighted by Crippen LogP contribution is -2.42. The molecule has 5 aromatic carbocycles. The van der Waals surface area contributed by atoms with E-state index in [4.69, 9.17) is 32.4 Å². The van der Waals surface area contributed by atoms with Gasteiger partial charge < -0.3 is 53.7 Å². The smallest absolute Gasteiger partial charge is 0.261 e. The number of benzene rings is 5. The van der Waals surface area contributed by atoms with Gasteiger partial charge in [-0.2, -0.15) is 0 Å². The van der Waals surface area contributed by atoms with Crippen molar-refractivity contribution in [3.05, 3.63) is 58.7 Å². The molecule has 74 heavy (non-hydrogen) atoms. The number of carbonyl (C=O) groups is 4. The van der Waals surface area contributed by atoms with E-state index in [2.05, 4.69) is 21.3 Å². The molecule has 0 saturated heterocycles. The lowest BCUT2D eigenvalue weighted by molar-refractivity contribution is 0.0593. The maximum atomic E-state index is 14.5. The van der Waals surface area contributed by atoms with Crippen molar-refractivity contribution >= 4 is 166 Å². The molecule has 24 heteroatoms. The van der Waals surface area contributed by atoms with Gasteiger partial charge in [0, 0.05) is 56.5 Å². The summed E-state index contributed by atoms with van der Waals surface area (Å²) >= 11 is 0. The van der Waals surface area contributed by atoms with Crippen LogP contribution in [0.1, 0.15) is 106 Å². The fourth-order valence-electron chi connectivity index (χ4n) is 9.34. The SMILES string of the molecule is Cl.Cl.Cl.Cl.Cl.Cl.Cl.Cl.NCCCNCCCCNCCCN1C(=O)c2ccc3c4c(OCCCN)cc5c6c(ccc(c7c(OCCCN)cc(c2c37)C1=O)c64)C(=O)N(CCCNCCCCNCCCN)C5=O. The Kier molecular flexibility index (Phi) is 36.8. The second-order valence-electron chi connectivity index (χ2n) is 17.3. The highest BCUT2D eigenvalue weighted by atomic mass is 35.5. The number of ether oxygens (including phenoxy) is 2. The highest BCUT2D eigenvalue weighted by Gasteiger charge is 2.38. The van der Waals surface area contributed by atoms with Crippen LogP contribution in [0.25, 0.3) is 43.1 Å². The molecule has 4 amide bonds. The van der Waals surface area contributed by atoms with Gasteiger partial charge in [-0.25, -0.2) is 0 Å². The van der Waals surface area contributed by atoms with Gasteiger partial charge in [0.05, 0.1) is 24.3 Å². The van der Waals surface area contributed by atoms with E-state index in [-0.39, 0.29) is 136 Å². The molecule has 0 bridgehead atoms. The van der Waals surface area contributed by atoms with Crippen molar-refractivity contribution in [2.75, 3.05) is 105 Å². The molecular weight excluding hydrogens is 1120 g/mol. The summed E-state index contributed by atoms with van der Waals surface area (Å²) < 4.78 is 13.0. The zero-order chi connectivity index (χ0) is 46.4. The quantitative estimate of drug-likeness (QED) is 0.00923. The summed E-state index contributed by atoms with van der Waals surface area (Å²) in [5, 5.41) is 19.0. The first-order valence-corrected chi connectivity index (χ1v) is 24.3. The zero-order valence-electron chi connectivity index (χ0n) is 41.8. The van der Waals surface area contributed by atoms with Crippen LogP contribution >= 0.6 is 99.3 Å². The number of nitrogens with two attached hydrogens (primary N) is 4.